The van der Waals surface area contributed by atoms with E-state index in [1.807, 2.05) is 13.8 Å². The molecule has 1 aromatic rings. The summed E-state index contributed by atoms with van der Waals surface area (Å²) < 4.78 is 10.3. The molecule has 1 aromatic heterocycles. The van der Waals surface area contributed by atoms with Crippen molar-refractivity contribution in [1.29, 1.82) is 0 Å². The van der Waals surface area contributed by atoms with Crippen molar-refractivity contribution in [3.63, 3.8) is 0 Å². The Bertz CT molecular complexity index is 394. The molecule has 0 aliphatic rings. The quantitative estimate of drug-likeness (QED) is 0.685. The van der Waals surface area contributed by atoms with Gasteiger partial charge in [-0.2, -0.15) is 0 Å². The Kier molecular flexibility index (Phi) is 7.05. The monoisotopic (exact) mass is 287 g/mol. The Morgan fingerprint density at radius 1 is 1.11 bits per heavy atom. The largest absolute Gasteiger partial charge is 0.383 e. The highest BCUT2D eigenvalue weighted by Crippen LogP contribution is 2.23. The molecule has 1 heterocycles. The topological polar surface area (TPSA) is 47.5 Å². The number of anilines is 1. The first-order valence-electron chi connectivity index (χ1n) is 6.39. The molecule has 0 saturated heterocycles. The Morgan fingerprint density at radius 2 is 1.68 bits per heavy atom. The van der Waals surface area contributed by atoms with Crippen molar-refractivity contribution in [2.45, 2.75) is 20.3 Å². The van der Waals surface area contributed by atoms with Crippen LogP contribution in [0.1, 0.15) is 18.3 Å². The van der Waals surface area contributed by atoms with Crippen LogP contribution < -0.4 is 4.90 Å². The molecule has 1 rings (SSSR count). The number of hydrogen-bond acceptors (Lipinski definition) is 5. The van der Waals surface area contributed by atoms with Gasteiger partial charge in [0.15, 0.2) is 0 Å². The molecule has 0 fully saturated rings. The van der Waals surface area contributed by atoms with Gasteiger partial charge in [-0.1, -0.05) is 18.5 Å². The third-order valence-electron chi connectivity index (χ3n) is 2.85. The van der Waals surface area contributed by atoms with Crippen LogP contribution in [0, 0.1) is 6.92 Å². The van der Waals surface area contributed by atoms with Crippen LogP contribution in [-0.2, 0) is 15.9 Å². The van der Waals surface area contributed by atoms with Crippen LogP contribution in [0.4, 0.5) is 5.82 Å². The minimum Gasteiger partial charge on any atom is -0.383 e. The van der Waals surface area contributed by atoms with Crippen LogP contribution in [0.2, 0.25) is 5.15 Å². The molecule has 108 valence electrons. The molecule has 0 radical (unpaired) electrons. The molecule has 0 amide bonds. The first-order chi connectivity index (χ1) is 9.13. The summed E-state index contributed by atoms with van der Waals surface area (Å²) in [4.78, 5) is 11.0. The van der Waals surface area contributed by atoms with E-state index in [1.165, 1.54) is 0 Å². The summed E-state index contributed by atoms with van der Waals surface area (Å²) in [6, 6.07) is 0. The van der Waals surface area contributed by atoms with Gasteiger partial charge >= 0.3 is 0 Å². The fourth-order valence-corrected chi connectivity index (χ4v) is 1.90. The van der Waals surface area contributed by atoms with E-state index in [4.69, 9.17) is 21.1 Å². The smallest absolute Gasteiger partial charge is 0.137 e. The maximum Gasteiger partial charge on any atom is 0.137 e. The number of hydrogen-bond donors (Lipinski definition) is 0. The number of rotatable bonds is 8. The van der Waals surface area contributed by atoms with Gasteiger partial charge in [0.25, 0.3) is 0 Å². The molecule has 0 spiro atoms. The maximum absolute atomic E-state index is 6.17. The summed E-state index contributed by atoms with van der Waals surface area (Å²) in [6.07, 6.45) is 0.759. The van der Waals surface area contributed by atoms with Gasteiger partial charge in [0.1, 0.15) is 16.8 Å². The van der Waals surface area contributed by atoms with E-state index < -0.39 is 0 Å². The zero-order valence-electron chi connectivity index (χ0n) is 12.1. The van der Waals surface area contributed by atoms with Gasteiger partial charge in [0, 0.05) is 39.3 Å². The molecule has 19 heavy (non-hydrogen) atoms. The molecule has 0 bridgehead atoms. The average Bonchev–Trinajstić information content (AvgIpc) is 2.42. The molecule has 0 aliphatic heterocycles. The lowest BCUT2D eigenvalue weighted by molar-refractivity contribution is 0.190. The van der Waals surface area contributed by atoms with Crippen molar-refractivity contribution in [1.82, 2.24) is 9.97 Å². The van der Waals surface area contributed by atoms with Gasteiger partial charge in [-0.05, 0) is 6.92 Å². The lowest BCUT2D eigenvalue weighted by Gasteiger charge is -2.25. The second kappa shape index (κ2) is 8.30. The van der Waals surface area contributed by atoms with Gasteiger partial charge in [-0.25, -0.2) is 9.97 Å². The molecular weight excluding hydrogens is 266 g/mol. The van der Waals surface area contributed by atoms with Crippen LogP contribution in [-0.4, -0.2) is 50.5 Å². The summed E-state index contributed by atoms with van der Waals surface area (Å²) >= 11 is 6.17. The van der Waals surface area contributed by atoms with Crippen molar-refractivity contribution < 1.29 is 9.47 Å². The van der Waals surface area contributed by atoms with E-state index in [2.05, 4.69) is 14.9 Å². The number of halogens is 1. The van der Waals surface area contributed by atoms with Crippen molar-refractivity contribution >= 4 is 17.4 Å². The minimum absolute atomic E-state index is 0.515. The zero-order chi connectivity index (χ0) is 14.3. The first-order valence-corrected chi connectivity index (χ1v) is 6.77. The molecule has 5 nitrogen and oxygen atoms in total. The van der Waals surface area contributed by atoms with Gasteiger partial charge in [-0.15, -0.1) is 0 Å². The molecular formula is C13H22ClN3O2. The van der Waals surface area contributed by atoms with Crippen molar-refractivity contribution in [3.8, 4) is 0 Å². The van der Waals surface area contributed by atoms with Crippen LogP contribution in [0.5, 0.6) is 0 Å². The predicted molar refractivity (Wildman–Crippen MR) is 77.1 cm³/mol. The molecule has 0 aliphatic carbocycles. The average molecular weight is 288 g/mol. The normalized spacial score (nSPS) is 10.8. The van der Waals surface area contributed by atoms with E-state index in [-0.39, 0.29) is 0 Å². The van der Waals surface area contributed by atoms with Crippen LogP contribution >= 0.6 is 11.6 Å². The van der Waals surface area contributed by atoms with Crippen LogP contribution in [0.15, 0.2) is 0 Å². The molecule has 0 aromatic carbocycles. The van der Waals surface area contributed by atoms with E-state index in [9.17, 15) is 0 Å². The van der Waals surface area contributed by atoms with E-state index in [1.54, 1.807) is 14.2 Å². The maximum atomic E-state index is 6.17. The Morgan fingerprint density at radius 3 is 2.16 bits per heavy atom. The number of ether oxygens (including phenoxy) is 2. The third-order valence-corrected chi connectivity index (χ3v) is 3.22. The van der Waals surface area contributed by atoms with Gasteiger partial charge in [-0.3, -0.25) is 0 Å². The Labute approximate surface area is 119 Å². The van der Waals surface area contributed by atoms with Crippen molar-refractivity contribution in [2.75, 3.05) is 45.4 Å². The Hall–Kier alpha value is -0.910. The molecule has 0 N–H and O–H groups in total. The lowest BCUT2D eigenvalue weighted by Crippen LogP contribution is -2.32. The lowest BCUT2D eigenvalue weighted by atomic mass is 10.3. The predicted octanol–water partition coefficient (Wildman–Crippen LogP) is 2.10. The van der Waals surface area contributed by atoms with Crippen LogP contribution in [0.25, 0.3) is 0 Å². The molecule has 0 saturated carbocycles. The fraction of sp³-hybridized carbons (Fsp3) is 0.692. The fourth-order valence-electron chi connectivity index (χ4n) is 1.71. The molecule has 6 heteroatoms. The van der Waals surface area contributed by atoms with Crippen LogP contribution in [0.3, 0.4) is 0 Å². The van der Waals surface area contributed by atoms with Gasteiger partial charge in [0.05, 0.1) is 13.2 Å². The van der Waals surface area contributed by atoms with Crippen molar-refractivity contribution in [2.24, 2.45) is 0 Å². The number of aryl methyl sites for hydroxylation is 1. The van der Waals surface area contributed by atoms with Gasteiger partial charge in [0.2, 0.25) is 0 Å². The first kappa shape index (κ1) is 16.1. The van der Waals surface area contributed by atoms with E-state index >= 15 is 0 Å². The summed E-state index contributed by atoms with van der Waals surface area (Å²) in [7, 11) is 3.37. The summed E-state index contributed by atoms with van der Waals surface area (Å²) in [5.74, 6) is 1.62. The second-order valence-corrected chi connectivity index (χ2v) is 4.56. The summed E-state index contributed by atoms with van der Waals surface area (Å²) in [6.45, 7) is 6.70. The van der Waals surface area contributed by atoms with Gasteiger partial charge < -0.3 is 14.4 Å². The van der Waals surface area contributed by atoms with Crippen molar-refractivity contribution in [3.05, 3.63) is 16.5 Å². The minimum atomic E-state index is 0.515. The number of aromatic nitrogens is 2. The van der Waals surface area contributed by atoms with E-state index in [0.717, 1.165) is 36.7 Å². The third kappa shape index (κ3) is 4.60. The zero-order valence-corrected chi connectivity index (χ0v) is 12.8. The second-order valence-electron chi connectivity index (χ2n) is 4.21. The SMILES string of the molecule is CCc1nc(Cl)c(C)c(N(CCOC)CCOC)n1. The van der Waals surface area contributed by atoms with E-state index in [0.29, 0.717) is 18.4 Å². The standard InChI is InChI=1S/C13H22ClN3O2/c1-5-11-15-12(14)10(2)13(16-11)17(6-8-18-3)7-9-19-4/h5-9H2,1-4H3. The Balaban J connectivity index is 3.01. The number of nitrogens with zero attached hydrogens (tertiary/aromatic N) is 3. The summed E-state index contributed by atoms with van der Waals surface area (Å²) in [5.41, 5.74) is 0.895. The summed E-state index contributed by atoms with van der Waals surface area (Å²) in [5, 5.41) is 0.515. The number of methoxy groups -OCH3 is 2. The highest BCUT2D eigenvalue weighted by atomic mass is 35.5. The highest BCUT2D eigenvalue weighted by Gasteiger charge is 2.15. The highest BCUT2D eigenvalue weighted by molar-refractivity contribution is 6.30. The molecule has 0 atom stereocenters. The molecule has 0 unspecified atom stereocenters.